The Morgan fingerprint density at radius 3 is 3.00 bits per heavy atom. The standard InChI is InChI=1S/C13H16BrNOS/c14-7-13(16)15-8-12-10(5-6-17-12)3-4-11(15)9-1-2-9/h5-6,9,11H,1-4,7-8H2. The summed E-state index contributed by atoms with van der Waals surface area (Å²) >= 11 is 5.11. The number of hydrogen-bond acceptors (Lipinski definition) is 2. The number of thiophene rings is 1. The third-order valence-corrected chi connectivity index (χ3v) is 5.29. The predicted octanol–water partition coefficient (Wildman–Crippen LogP) is 3.20. The number of carbonyl (C=O) groups is 1. The van der Waals surface area contributed by atoms with E-state index in [0.29, 0.717) is 11.4 Å². The van der Waals surface area contributed by atoms with Gasteiger partial charge in [0.15, 0.2) is 0 Å². The summed E-state index contributed by atoms with van der Waals surface area (Å²) in [5.74, 6) is 1.02. The molecule has 3 rings (SSSR count). The van der Waals surface area contributed by atoms with E-state index in [0.717, 1.165) is 25.3 Å². The van der Waals surface area contributed by atoms with Crippen molar-refractivity contribution in [1.82, 2.24) is 4.90 Å². The lowest BCUT2D eigenvalue weighted by molar-refractivity contribution is -0.131. The maximum Gasteiger partial charge on any atom is 0.233 e. The largest absolute Gasteiger partial charge is 0.334 e. The summed E-state index contributed by atoms with van der Waals surface area (Å²) in [4.78, 5) is 15.6. The zero-order valence-electron chi connectivity index (χ0n) is 9.69. The van der Waals surface area contributed by atoms with Crippen molar-refractivity contribution in [1.29, 1.82) is 0 Å². The smallest absolute Gasteiger partial charge is 0.233 e. The second-order valence-electron chi connectivity index (χ2n) is 4.97. The van der Waals surface area contributed by atoms with Crippen LogP contribution in [0.4, 0.5) is 0 Å². The van der Waals surface area contributed by atoms with Gasteiger partial charge in [-0.3, -0.25) is 4.79 Å². The summed E-state index contributed by atoms with van der Waals surface area (Å²) in [6.45, 7) is 0.832. The Hall–Kier alpha value is -0.350. The Morgan fingerprint density at radius 1 is 1.47 bits per heavy atom. The first-order valence-corrected chi connectivity index (χ1v) is 8.20. The minimum Gasteiger partial charge on any atom is -0.334 e. The predicted molar refractivity (Wildman–Crippen MR) is 73.5 cm³/mol. The number of nitrogens with zero attached hydrogens (tertiary/aromatic N) is 1. The SMILES string of the molecule is O=C(CBr)N1Cc2sccc2CCC1C1CC1. The van der Waals surface area contributed by atoms with Gasteiger partial charge < -0.3 is 4.90 Å². The van der Waals surface area contributed by atoms with E-state index in [1.54, 1.807) is 11.3 Å². The summed E-state index contributed by atoms with van der Waals surface area (Å²) in [6.07, 6.45) is 4.91. The average Bonchev–Trinajstić information content (AvgIpc) is 3.11. The zero-order valence-corrected chi connectivity index (χ0v) is 12.1. The minimum absolute atomic E-state index is 0.253. The van der Waals surface area contributed by atoms with Gasteiger partial charge in [0.1, 0.15) is 0 Å². The fourth-order valence-electron chi connectivity index (χ4n) is 2.78. The van der Waals surface area contributed by atoms with Crippen LogP contribution in [0.2, 0.25) is 0 Å². The van der Waals surface area contributed by atoms with Gasteiger partial charge in [-0.2, -0.15) is 0 Å². The maximum atomic E-state index is 12.1. The van der Waals surface area contributed by atoms with Crippen molar-refractivity contribution in [3.05, 3.63) is 21.9 Å². The van der Waals surface area contributed by atoms with Crippen molar-refractivity contribution in [3.63, 3.8) is 0 Å². The number of rotatable bonds is 2. The molecule has 1 unspecified atom stereocenters. The molecule has 0 bridgehead atoms. The summed E-state index contributed by atoms with van der Waals surface area (Å²) in [7, 11) is 0. The van der Waals surface area contributed by atoms with Crippen LogP contribution in [-0.4, -0.2) is 22.2 Å². The quantitative estimate of drug-likeness (QED) is 0.768. The molecule has 1 fully saturated rings. The van der Waals surface area contributed by atoms with E-state index in [1.807, 2.05) is 0 Å². The van der Waals surface area contributed by atoms with Gasteiger partial charge >= 0.3 is 0 Å². The second kappa shape index (κ2) is 4.73. The van der Waals surface area contributed by atoms with Gasteiger partial charge in [-0.25, -0.2) is 0 Å². The van der Waals surface area contributed by atoms with Crippen LogP contribution in [0, 0.1) is 5.92 Å². The second-order valence-corrected chi connectivity index (χ2v) is 6.53. The van der Waals surface area contributed by atoms with Crippen molar-refractivity contribution in [2.24, 2.45) is 5.92 Å². The van der Waals surface area contributed by atoms with E-state index >= 15 is 0 Å². The molecule has 17 heavy (non-hydrogen) atoms. The van der Waals surface area contributed by atoms with Gasteiger partial charge in [-0.15, -0.1) is 11.3 Å². The van der Waals surface area contributed by atoms with Crippen molar-refractivity contribution in [3.8, 4) is 0 Å². The molecule has 1 amide bonds. The van der Waals surface area contributed by atoms with Crippen molar-refractivity contribution < 1.29 is 4.79 Å². The normalized spacial score (nSPS) is 24.3. The van der Waals surface area contributed by atoms with Crippen LogP contribution >= 0.6 is 27.3 Å². The van der Waals surface area contributed by atoms with Crippen LogP contribution in [0.5, 0.6) is 0 Å². The third kappa shape index (κ3) is 2.29. The molecule has 1 atom stereocenters. The highest BCUT2D eigenvalue weighted by atomic mass is 79.9. The van der Waals surface area contributed by atoms with Crippen LogP contribution in [0.3, 0.4) is 0 Å². The van der Waals surface area contributed by atoms with Gasteiger partial charge in [0.05, 0.1) is 11.9 Å². The summed E-state index contributed by atoms with van der Waals surface area (Å²) in [6, 6.07) is 2.71. The molecule has 0 aromatic carbocycles. The van der Waals surface area contributed by atoms with E-state index in [1.165, 1.54) is 23.3 Å². The first-order valence-electron chi connectivity index (χ1n) is 6.20. The summed E-state index contributed by atoms with van der Waals surface area (Å²) < 4.78 is 0. The summed E-state index contributed by atoms with van der Waals surface area (Å²) in [5.41, 5.74) is 1.46. The molecule has 2 heterocycles. The maximum absolute atomic E-state index is 12.1. The highest BCUT2D eigenvalue weighted by molar-refractivity contribution is 9.09. The van der Waals surface area contributed by atoms with E-state index in [9.17, 15) is 4.79 Å². The van der Waals surface area contributed by atoms with E-state index in [-0.39, 0.29) is 5.91 Å². The molecular formula is C13H16BrNOS. The highest BCUT2D eigenvalue weighted by Gasteiger charge is 2.38. The Labute approximate surface area is 114 Å². The minimum atomic E-state index is 0.253. The summed E-state index contributed by atoms with van der Waals surface area (Å²) in [5, 5.41) is 2.61. The first-order chi connectivity index (χ1) is 8.29. The van der Waals surface area contributed by atoms with Gasteiger partial charge in [-0.1, -0.05) is 15.9 Å². The average molecular weight is 314 g/mol. The van der Waals surface area contributed by atoms with Crippen molar-refractivity contribution >= 4 is 33.2 Å². The zero-order chi connectivity index (χ0) is 11.8. The molecule has 92 valence electrons. The van der Waals surface area contributed by atoms with Gasteiger partial charge in [-0.05, 0) is 48.6 Å². The highest BCUT2D eigenvalue weighted by Crippen LogP contribution is 2.40. The number of halogens is 1. The van der Waals surface area contributed by atoms with Crippen LogP contribution in [0.25, 0.3) is 0 Å². The van der Waals surface area contributed by atoms with Crippen LogP contribution in [-0.2, 0) is 17.8 Å². The molecule has 1 aromatic rings. The molecule has 1 aliphatic carbocycles. The third-order valence-electron chi connectivity index (χ3n) is 3.86. The molecule has 0 spiro atoms. The molecule has 2 aliphatic rings. The lowest BCUT2D eigenvalue weighted by atomic mass is 10.0. The molecule has 0 saturated heterocycles. The van der Waals surface area contributed by atoms with Crippen LogP contribution < -0.4 is 0 Å². The fourth-order valence-corrected chi connectivity index (χ4v) is 4.03. The lowest BCUT2D eigenvalue weighted by Crippen LogP contribution is -2.41. The number of fused-ring (bicyclic) bond motifs is 1. The molecule has 2 nitrogen and oxygen atoms in total. The molecule has 0 N–H and O–H groups in total. The Bertz CT molecular complexity index is 427. The van der Waals surface area contributed by atoms with Gasteiger partial charge in [0.2, 0.25) is 5.91 Å². The molecule has 1 aliphatic heterocycles. The topological polar surface area (TPSA) is 20.3 Å². The Balaban J connectivity index is 1.87. The van der Waals surface area contributed by atoms with Gasteiger partial charge in [0, 0.05) is 10.9 Å². The van der Waals surface area contributed by atoms with E-state index in [4.69, 9.17) is 0 Å². The fraction of sp³-hybridized carbons (Fsp3) is 0.615. The van der Waals surface area contributed by atoms with Crippen molar-refractivity contribution in [2.45, 2.75) is 38.3 Å². The Kier molecular flexibility index (Phi) is 3.26. The number of amides is 1. The van der Waals surface area contributed by atoms with Gasteiger partial charge in [0.25, 0.3) is 0 Å². The monoisotopic (exact) mass is 313 g/mol. The molecule has 1 aromatic heterocycles. The van der Waals surface area contributed by atoms with Crippen molar-refractivity contribution in [2.75, 3.05) is 5.33 Å². The number of aryl methyl sites for hydroxylation is 1. The first kappa shape index (κ1) is 11.7. The number of carbonyl (C=O) groups excluding carboxylic acids is 1. The number of alkyl halides is 1. The van der Waals surface area contributed by atoms with Crippen LogP contribution in [0.1, 0.15) is 29.7 Å². The molecule has 1 saturated carbocycles. The molecule has 4 heteroatoms. The van der Waals surface area contributed by atoms with Crippen LogP contribution in [0.15, 0.2) is 11.4 Å². The lowest BCUT2D eigenvalue weighted by Gasteiger charge is -2.29. The molecular weight excluding hydrogens is 298 g/mol. The van der Waals surface area contributed by atoms with E-state index in [2.05, 4.69) is 32.3 Å². The number of hydrogen-bond donors (Lipinski definition) is 0. The molecule has 0 radical (unpaired) electrons. The van der Waals surface area contributed by atoms with E-state index < -0.39 is 0 Å². The Morgan fingerprint density at radius 2 is 2.29 bits per heavy atom.